The van der Waals surface area contributed by atoms with Gasteiger partial charge in [-0.2, -0.15) is 4.31 Å². The van der Waals surface area contributed by atoms with Gasteiger partial charge in [0.25, 0.3) is 0 Å². The van der Waals surface area contributed by atoms with Gasteiger partial charge in [0.2, 0.25) is 15.9 Å². The number of methoxy groups -OCH3 is 1. The lowest BCUT2D eigenvalue weighted by Crippen LogP contribution is -2.43. The Balaban J connectivity index is 1.79. The predicted octanol–water partition coefficient (Wildman–Crippen LogP) is 4.06. The SMILES string of the molecule is CNC(=O)C(CN1C(C)c2cc(-c3cn(C(=O)OC(C)(C)C)c4cc(F)ccc34)ccc2S1(=O)=O)OC. The van der Waals surface area contributed by atoms with E-state index in [0.717, 1.165) is 0 Å². The summed E-state index contributed by atoms with van der Waals surface area (Å²) in [7, 11) is -1.07. The second-order valence-corrected chi connectivity index (χ2v) is 11.8. The Morgan fingerprint density at radius 2 is 1.86 bits per heavy atom. The Morgan fingerprint density at radius 1 is 1.16 bits per heavy atom. The smallest absolute Gasteiger partial charge is 0.419 e. The van der Waals surface area contributed by atoms with Crippen LogP contribution in [0.4, 0.5) is 9.18 Å². The summed E-state index contributed by atoms with van der Waals surface area (Å²) in [4.78, 5) is 25.2. The number of rotatable bonds is 5. The van der Waals surface area contributed by atoms with Gasteiger partial charge >= 0.3 is 6.09 Å². The highest BCUT2D eigenvalue weighted by Gasteiger charge is 2.42. The molecule has 1 N–H and O–H groups in total. The van der Waals surface area contributed by atoms with Crippen molar-refractivity contribution in [2.45, 2.75) is 50.3 Å². The summed E-state index contributed by atoms with van der Waals surface area (Å²) in [5, 5.41) is 3.09. The van der Waals surface area contributed by atoms with E-state index in [1.54, 1.807) is 52.1 Å². The largest absolute Gasteiger partial charge is 0.443 e. The molecule has 0 saturated heterocycles. The summed E-state index contributed by atoms with van der Waals surface area (Å²) in [6.45, 7) is 6.81. The lowest BCUT2D eigenvalue weighted by molar-refractivity contribution is -0.131. The molecule has 2 aromatic carbocycles. The van der Waals surface area contributed by atoms with Crippen LogP contribution in [0, 0.1) is 5.82 Å². The van der Waals surface area contributed by atoms with Gasteiger partial charge in [0, 0.05) is 43.9 Å². The molecule has 11 heteroatoms. The minimum Gasteiger partial charge on any atom is -0.443 e. The van der Waals surface area contributed by atoms with Crippen LogP contribution in [0.2, 0.25) is 0 Å². The molecule has 3 aromatic rings. The van der Waals surface area contributed by atoms with Crippen LogP contribution in [-0.4, -0.2) is 61.7 Å². The first-order valence-corrected chi connectivity index (χ1v) is 13.2. The average molecular weight is 532 g/mol. The minimum absolute atomic E-state index is 0.137. The molecule has 0 aliphatic carbocycles. The molecule has 1 aliphatic heterocycles. The maximum Gasteiger partial charge on any atom is 0.419 e. The number of nitrogens with one attached hydrogen (secondary N) is 1. The van der Waals surface area contributed by atoms with Crippen molar-refractivity contribution in [3.05, 3.63) is 54.0 Å². The van der Waals surface area contributed by atoms with E-state index in [2.05, 4.69) is 5.32 Å². The number of aromatic nitrogens is 1. The fraction of sp³-hybridized carbons (Fsp3) is 0.385. The van der Waals surface area contributed by atoms with Crippen molar-refractivity contribution in [2.24, 2.45) is 0 Å². The summed E-state index contributed by atoms with van der Waals surface area (Å²) in [6.07, 6.45) is -0.0617. The zero-order valence-corrected chi connectivity index (χ0v) is 22.3. The summed E-state index contributed by atoms with van der Waals surface area (Å²) >= 11 is 0. The highest BCUT2D eigenvalue weighted by molar-refractivity contribution is 7.89. The van der Waals surface area contributed by atoms with Gasteiger partial charge in [0.1, 0.15) is 17.5 Å². The molecular weight excluding hydrogens is 501 g/mol. The van der Waals surface area contributed by atoms with Crippen molar-refractivity contribution < 1.29 is 31.9 Å². The monoisotopic (exact) mass is 531 g/mol. The summed E-state index contributed by atoms with van der Waals surface area (Å²) < 4.78 is 54.0. The van der Waals surface area contributed by atoms with E-state index < -0.39 is 45.6 Å². The van der Waals surface area contributed by atoms with Crippen LogP contribution in [-0.2, 0) is 24.3 Å². The van der Waals surface area contributed by atoms with Crippen molar-refractivity contribution >= 4 is 32.9 Å². The van der Waals surface area contributed by atoms with E-state index in [1.165, 1.54) is 41.2 Å². The number of sulfonamides is 1. The molecule has 0 spiro atoms. The number of hydrogen-bond acceptors (Lipinski definition) is 6. The molecule has 0 fully saturated rings. The van der Waals surface area contributed by atoms with E-state index >= 15 is 0 Å². The molecule has 4 rings (SSSR count). The molecule has 9 nitrogen and oxygen atoms in total. The Hall–Kier alpha value is -3.28. The van der Waals surface area contributed by atoms with Gasteiger partial charge in [0.15, 0.2) is 0 Å². The Morgan fingerprint density at radius 3 is 2.49 bits per heavy atom. The van der Waals surface area contributed by atoms with Crippen LogP contribution < -0.4 is 5.32 Å². The topological polar surface area (TPSA) is 107 Å². The molecule has 198 valence electrons. The second kappa shape index (κ2) is 9.55. The number of amides is 1. The number of carbonyl (C=O) groups is 2. The van der Waals surface area contributed by atoms with Gasteiger partial charge < -0.3 is 14.8 Å². The zero-order chi connectivity index (χ0) is 27.3. The maximum absolute atomic E-state index is 14.1. The molecule has 37 heavy (non-hydrogen) atoms. The van der Waals surface area contributed by atoms with Gasteiger partial charge in [-0.3, -0.25) is 9.36 Å². The standard InChI is InChI=1S/C26H30FN3O6S/c1-15-19-11-16(7-10-23(19)37(33,34)30(15)14-22(35-6)24(31)28-5)20-13-29(25(32)36-26(2,3)4)21-12-17(27)8-9-18(20)21/h7-13,15,22H,14H2,1-6H3,(H,28,31). The Labute approximate surface area is 215 Å². The summed E-state index contributed by atoms with van der Waals surface area (Å²) in [5.41, 5.74) is 1.39. The first-order chi connectivity index (χ1) is 17.3. The van der Waals surface area contributed by atoms with Crippen molar-refractivity contribution in [1.29, 1.82) is 0 Å². The first kappa shape index (κ1) is 26.8. The van der Waals surface area contributed by atoms with E-state index in [1.807, 2.05) is 0 Å². The molecule has 2 unspecified atom stereocenters. The molecule has 0 saturated carbocycles. The third kappa shape index (κ3) is 4.86. The van der Waals surface area contributed by atoms with Crippen molar-refractivity contribution in [3.8, 4) is 11.1 Å². The third-order valence-corrected chi connectivity index (χ3v) is 8.33. The fourth-order valence-corrected chi connectivity index (χ4v) is 6.39. The lowest BCUT2D eigenvalue weighted by atomic mass is 9.99. The highest BCUT2D eigenvalue weighted by atomic mass is 32.2. The first-order valence-electron chi connectivity index (χ1n) is 11.7. The Kier molecular flexibility index (Phi) is 6.91. The summed E-state index contributed by atoms with van der Waals surface area (Å²) in [5.74, 6) is -0.932. The number of nitrogens with zero attached hydrogens (tertiary/aromatic N) is 2. The van der Waals surface area contributed by atoms with Crippen LogP contribution in [0.15, 0.2) is 47.5 Å². The van der Waals surface area contributed by atoms with Gasteiger partial charge in [-0.1, -0.05) is 6.07 Å². The van der Waals surface area contributed by atoms with Gasteiger partial charge in [-0.15, -0.1) is 0 Å². The van der Waals surface area contributed by atoms with E-state index in [-0.39, 0.29) is 11.4 Å². The van der Waals surface area contributed by atoms with Gasteiger partial charge in [-0.05, 0) is 69.2 Å². The van der Waals surface area contributed by atoms with E-state index in [4.69, 9.17) is 9.47 Å². The van der Waals surface area contributed by atoms with Crippen LogP contribution >= 0.6 is 0 Å². The molecule has 0 bridgehead atoms. The number of carbonyl (C=O) groups excluding carboxylic acids is 2. The quantitative estimate of drug-likeness (QED) is 0.532. The predicted molar refractivity (Wildman–Crippen MR) is 136 cm³/mol. The average Bonchev–Trinajstić information content (AvgIpc) is 3.28. The molecular formula is C26H30FN3O6S. The maximum atomic E-state index is 14.1. The molecule has 2 atom stereocenters. The van der Waals surface area contributed by atoms with Crippen LogP contribution in [0.3, 0.4) is 0 Å². The highest BCUT2D eigenvalue weighted by Crippen LogP contribution is 2.42. The molecule has 1 aromatic heterocycles. The van der Waals surface area contributed by atoms with Crippen molar-refractivity contribution in [2.75, 3.05) is 20.7 Å². The van der Waals surface area contributed by atoms with Crippen LogP contribution in [0.5, 0.6) is 0 Å². The third-order valence-electron chi connectivity index (χ3n) is 6.32. The number of fused-ring (bicyclic) bond motifs is 2. The number of ether oxygens (including phenoxy) is 2. The normalized spacial score (nSPS) is 18.0. The van der Waals surface area contributed by atoms with Crippen LogP contribution in [0.25, 0.3) is 22.0 Å². The number of likely N-dealkylation sites (N-methyl/N-ethyl adjacent to an activating group) is 1. The van der Waals surface area contributed by atoms with Crippen molar-refractivity contribution in [1.82, 2.24) is 14.2 Å². The zero-order valence-electron chi connectivity index (χ0n) is 21.5. The molecule has 0 radical (unpaired) electrons. The minimum atomic E-state index is -3.87. The lowest BCUT2D eigenvalue weighted by Gasteiger charge is -2.24. The van der Waals surface area contributed by atoms with E-state index in [0.29, 0.717) is 27.6 Å². The Bertz CT molecular complexity index is 1490. The number of benzene rings is 2. The molecule has 1 aliphatic rings. The van der Waals surface area contributed by atoms with Gasteiger partial charge in [-0.25, -0.2) is 17.6 Å². The molecule has 1 amide bonds. The summed E-state index contributed by atoms with van der Waals surface area (Å²) in [6, 6.07) is 8.48. The van der Waals surface area contributed by atoms with Crippen LogP contribution in [0.1, 0.15) is 39.3 Å². The second-order valence-electron chi connectivity index (χ2n) is 9.90. The number of hydrogen-bond donors (Lipinski definition) is 1. The number of halogens is 1. The van der Waals surface area contributed by atoms with Crippen molar-refractivity contribution in [3.63, 3.8) is 0 Å². The van der Waals surface area contributed by atoms with Gasteiger partial charge in [0.05, 0.1) is 10.4 Å². The molecule has 2 heterocycles. The fourth-order valence-electron chi connectivity index (χ4n) is 4.50. The van der Waals surface area contributed by atoms with E-state index in [9.17, 15) is 22.4 Å².